The molecular formula is C19H18O4. The normalized spacial score (nSPS) is 8.91. The summed E-state index contributed by atoms with van der Waals surface area (Å²) < 4.78 is 9.49. The van der Waals surface area contributed by atoms with Crippen molar-refractivity contribution in [1.82, 2.24) is 0 Å². The van der Waals surface area contributed by atoms with Crippen LogP contribution in [0.2, 0.25) is 0 Å². The van der Waals surface area contributed by atoms with Gasteiger partial charge in [0.15, 0.2) is 0 Å². The molecule has 4 nitrogen and oxygen atoms in total. The van der Waals surface area contributed by atoms with Crippen molar-refractivity contribution in [3.63, 3.8) is 0 Å². The molecule has 0 spiro atoms. The number of benzene rings is 2. The standard InChI is InChI=1S/C10H10O2.C9H8O2/c1-8(2)10(11)12-9-6-4-3-5-7-9;1-2-11-9(10)8-6-4-3-5-7-8/h3-7H,1H2,2H3;2-7H,1H2. The van der Waals surface area contributed by atoms with E-state index in [1.165, 1.54) is 0 Å². The lowest BCUT2D eigenvalue weighted by Crippen LogP contribution is -2.07. The van der Waals surface area contributed by atoms with Crippen LogP contribution in [0.1, 0.15) is 17.3 Å². The Balaban J connectivity index is 0.000000231. The molecule has 0 N–H and O–H groups in total. The lowest BCUT2D eigenvalue weighted by Gasteiger charge is -2.01. The van der Waals surface area contributed by atoms with E-state index in [2.05, 4.69) is 17.9 Å². The molecule has 0 atom stereocenters. The van der Waals surface area contributed by atoms with Gasteiger partial charge in [0, 0.05) is 5.57 Å². The number of hydrogen-bond donors (Lipinski definition) is 0. The van der Waals surface area contributed by atoms with E-state index in [9.17, 15) is 9.59 Å². The van der Waals surface area contributed by atoms with Crippen LogP contribution in [0.15, 0.2) is 85.7 Å². The van der Waals surface area contributed by atoms with Crippen molar-refractivity contribution in [1.29, 1.82) is 0 Å². The predicted octanol–water partition coefficient (Wildman–Crippen LogP) is 4.16. The third-order valence-corrected chi connectivity index (χ3v) is 2.50. The molecule has 0 saturated carbocycles. The van der Waals surface area contributed by atoms with E-state index in [4.69, 9.17) is 4.74 Å². The summed E-state index contributed by atoms with van der Waals surface area (Å²) in [4.78, 5) is 21.9. The van der Waals surface area contributed by atoms with Crippen molar-refractivity contribution in [2.24, 2.45) is 0 Å². The second-order valence-corrected chi connectivity index (χ2v) is 4.42. The van der Waals surface area contributed by atoms with Gasteiger partial charge in [0.05, 0.1) is 11.8 Å². The van der Waals surface area contributed by atoms with Gasteiger partial charge in [-0.15, -0.1) is 0 Å². The lowest BCUT2D eigenvalue weighted by molar-refractivity contribution is -0.130. The SMILES string of the molecule is C=C(C)C(=O)Oc1ccccc1.C=COC(=O)c1ccccc1. The number of rotatable bonds is 4. The average molecular weight is 310 g/mol. The molecule has 0 aliphatic heterocycles. The molecule has 0 radical (unpaired) electrons. The molecule has 0 unspecified atom stereocenters. The Morgan fingerprint density at radius 2 is 1.48 bits per heavy atom. The summed E-state index contributed by atoms with van der Waals surface area (Å²) in [6.07, 6.45) is 1.12. The number of esters is 2. The van der Waals surface area contributed by atoms with E-state index in [1.54, 1.807) is 55.5 Å². The topological polar surface area (TPSA) is 52.6 Å². The van der Waals surface area contributed by atoms with E-state index < -0.39 is 0 Å². The first-order valence-electron chi connectivity index (χ1n) is 6.84. The molecule has 118 valence electrons. The Morgan fingerprint density at radius 3 is 1.96 bits per heavy atom. The highest BCUT2D eigenvalue weighted by molar-refractivity contribution is 5.89. The Morgan fingerprint density at radius 1 is 0.957 bits per heavy atom. The molecule has 0 fully saturated rings. The van der Waals surface area contributed by atoms with Crippen molar-refractivity contribution in [3.8, 4) is 5.75 Å². The number of carbonyl (C=O) groups excluding carboxylic acids is 2. The third-order valence-electron chi connectivity index (χ3n) is 2.50. The van der Waals surface area contributed by atoms with Crippen LogP contribution in [0, 0.1) is 0 Å². The molecule has 0 aliphatic carbocycles. The van der Waals surface area contributed by atoms with E-state index in [-0.39, 0.29) is 11.9 Å². The van der Waals surface area contributed by atoms with Gasteiger partial charge in [0.2, 0.25) is 0 Å². The molecule has 2 rings (SSSR count). The van der Waals surface area contributed by atoms with Crippen LogP contribution in [0.5, 0.6) is 5.75 Å². The summed E-state index contributed by atoms with van der Waals surface area (Å²) in [6.45, 7) is 8.38. The number of para-hydroxylation sites is 1. The van der Waals surface area contributed by atoms with E-state index in [0.29, 0.717) is 16.9 Å². The Bertz CT molecular complexity index is 660. The van der Waals surface area contributed by atoms with Gasteiger partial charge >= 0.3 is 11.9 Å². The minimum Gasteiger partial charge on any atom is -0.432 e. The van der Waals surface area contributed by atoms with Crippen molar-refractivity contribution in [2.75, 3.05) is 0 Å². The molecule has 0 bridgehead atoms. The number of ether oxygens (including phenoxy) is 2. The monoisotopic (exact) mass is 310 g/mol. The number of carbonyl (C=O) groups is 2. The second-order valence-electron chi connectivity index (χ2n) is 4.42. The summed E-state index contributed by atoms with van der Waals surface area (Å²) in [7, 11) is 0. The van der Waals surface area contributed by atoms with Crippen LogP contribution >= 0.6 is 0 Å². The summed E-state index contributed by atoms with van der Waals surface area (Å²) >= 11 is 0. The van der Waals surface area contributed by atoms with Crippen LogP contribution < -0.4 is 4.74 Å². The van der Waals surface area contributed by atoms with E-state index >= 15 is 0 Å². The van der Waals surface area contributed by atoms with Gasteiger partial charge in [0.25, 0.3) is 0 Å². The highest BCUT2D eigenvalue weighted by Gasteiger charge is 2.03. The molecule has 23 heavy (non-hydrogen) atoms. The van der Waals surface area contributed by atoms with Crippen molar-refractivity contribution in [2.45, 2.75) is 6.92 Å². The second kappa shape index (κ2) is 9.73. The lowest BCUT2D eigenvalue weighted by atomic mass is 10.2. The fourth-order valence-electron chi connectivity index (χ4n) is 1.40. The minimum absolute atomic E-state index is 0.374. The highest BCUT2D eigenvalue weighted by Crippen LogP contribution is 2.09. The van der Waals surface area contributed by atoms with Crippen LogP contribution in [-0.2, 0) is 9.53 Å². The first kappa shape index (κ1) is 17.9. The third kappa shape index (κ3) is 6.91. The molecule has 0 aromatic heterocycles. The van der Waals surface area contributed by atoms with Crippen LogP contribution in [0.4, 0.5) is 0 Å². The molecule has 0 aliphatic rings. The molecule has 0 amide bonds. The smallest absolute Gasteiger partial charge is 0.342 e. The molecule has 4 heteroatoms. The Kier molecular flexibility index (Phi) is 7.58. The molecule has 2 aromatic carbocycles. The maximum atomic E-state index is 11.0. The number of hydrogen-bond acceptors (Lipinski definition) is 4. The molecular weight excluding hydrogens is 292 g/mol. The van der Waals surface area contributed by atoms with Gasteiger partial charge in [-0.2, -0.15) is 0 Å². The van der Waals surface area contributed by atoms with Crippen LogP contribution in [0.3, 0.4) is 0 Å². The quantitative estimate of drug-likeness (QED) is 0.368. The summed E-state index contributed by atoms with van der Waals surface area (Å²) in [5.74, 6) is -0.215. The fraction of sp³-hybridized carbons (Fsp3) is 0.0526. The first-order valence-corrected chi connectivity index (χ1v) is 6.84. The Hall–Kier alpha value is -3.14. The molecule has 2 aromatic rings. The summed E-state index contributed by atoms with van der Waals surface area (Å²) in [5.41, 5.74) is 0.936. The van der Waals surface area contributed by atoms with Crippen LogP contribution in [0.25, 0.3) is 0 Å². The Labute approximate surface area is 135 Å². The van der Waals surface area contributed by atoms with Gasteiger partial charge in [-0.25, -0.2) is 9.59 Å². The average Bonchev–Trinajstić information content (AvgIpc) is 2.57. The van der Waals surface area contributed by atoms with Gasteiger partial charge in [-0.05, 0) is 31.2 Å². The zero-order chi connectivity index (χ0) is 17.1. The predicted molar refractivity (Wildman–Crippen MR) is 88.9 cm³/mol. The first-order chi connectivity index (χ1) is 11.0. The maximum absolute atomic E-state index is 11.0. The largest absolute Gasteiger partial charge is 0.432 e. The van der Waals surface area contributed by atoms with Gasteiger partial charge < -0.3 is 9.47 Å². The van der Waals surface area contributed by atoms with Gasteiger partial charge in [-0.3, -0.25) is 0 Å². The van der Waals surface area contributed by atoms with Gasteiger partial charge in [-0.1, -0.05) is 49.6 Å². The fourth-order valence-corrected chi connectivity index (χ4v) is 1.40. The molecule has 0 heterocycles. The van der Waals surface area contributed by atoms with E-state index in [0.717, 1.165) is 6.26 Å². The summed E-state index contributed by atoms with van der Waals surface area (Å²) in [6, 6.07) is 17.7. The highest BCUT2D eigenvalue weighted by atomic mass is 16.5. The van der Waals surface area contributed by atoms with Gasteiger partial charge in [0.1, 0.15) is 5.75 Å². The van der Waals surface area contributed by atoms with Crippen molar-refractivity contribution < 1.29 is 19.1 Å². The molecule has 0 saturated heterocycles. The summed E-state index contributed by atoms with van der Waals surface area (Å²) in [5, 5.41) is 0. The zero-order valence-corrected chi connectivity index (χ0v) is 12.9. The van der Waals surface area contributed by atoms with E-state index in [1.807, 2.05) is 12.1 Å². The van der Waals surface area contributed by atoms with Crippen molar-refractivity contribution in [3.05, 3.63) is 91.2 Å². The van der Waals surface area contributed by atoms with Crippen molar-refractivity contribution >= 4 is 11.9 Å². The van der Waals surface area contributed by atoms with Crippen LogP contribution in [-0.4, -0.2) is 11.9 Å². The minimum atomic E-state index is -0.388. The maximum Gasteiger partial charge on any atom is 0.342 e. The zero-order valence-electron chi connectivity index (χ0n) is 12.9.